The summed E-state index contributed by atoms with van der Waals surface area (Å²) in [5.74, 6) is 8.10. The van der Waals surface area contributed by atoms with Gasteiger partial charge in [-0.2, -0.15) is 11.8 Å². The minimum Gasteiger partial charge on any atom is -0.395 e. The van der Waals surface area contributed by atoms with E-state index in [-0.39, 0.29) is 12.5 Å². The van der Waals surface area contributed by atoms with Gasteiger partial charge in [-0.1, -0.05) is 11.8 Å². The summed E-state index contributed by atoms with van der Waals surface area (Å²) in [6.07, 6.45) is 1.56. The minimum absolute atomic E-state index is 0.0756. The van der Waals surface area contributed by atoms with Crippen LogP contribution in [0.3, 0.4) is 0 Å². The van der Waals surface area contributed by atoms with Crippen molar-refractivity contribution in [1.29, 1.82) is 0 Å². The van der Waals surface area contributed by atoms with Crippen molar-refractivity contribution in [3.05, 3.63) is 21.9 Å². The maximum Gasteiger partial charge on any atom is 0.254 e. The second-order valence-corrected chi connectivity index (χ2v) is 6.47. The van der Waals surface area contributed by atoms with E-state index in [0.717, 1.165) is 28.4 Å². The van der Waals surface area contributed by atoms with Crippen molar-refractivity contribution in [3.8, 4) is 11.8 Å². The summed E-state index contributed by atoms with van der Waals surface area (Å²) < 4.78 is 0. The van der Waals surface area contributed by atoms with Gasteiger partial charge in [0, 0.05) is 30.6 Å². The van der Waals surface area contributed by atoms with Gasteiger partial charge in [-0.25, -0.2) is 0 Å². The second kappa shape index (κ2) is 6.99. The van der Waals surface area contributed by atoms with Crippen LogP contribution >= 0.6 is 23.1 Å². The monoisotopic (exact) mass is 295 g/mol. The Morgan fingerprint density at radius 2 is 2.47 bits per heavy atom. The molecule has 2 heterocycles. The van der Waals surface area contributed by atoms with Crippen molar-refractivity contribution < 1.29 is 9.90 Å². The molecule has 1 fully saturated rings. The van der Waals surface area contributed by atoms with Crippen LogP contribution < -0.4 is 0 Å². The number of aliphatic hydroxyl groups excluding tert-OH is 1. The molecular weight excluding hydrogens is 278 g/mol. The lowest BCUT2D eigenvalue weighted by molar-refractivity contribution is 0.0748. The maximum atomic E-state index is 12.3. The van der Waals surface area contributed by atoms with Crippen LogP contribution in [0.1, 0.15) is 28.1 Å². The molecule has 0 bridgehead atoms. The van der Waals surface area contributed by atoms with Crippen LogP contribution in [0.4, 0.5) is 0 Å². The molecule has 0 aliphatic carbocycles. The summed E-state index contributed by atoms with van der Waals surface area (Å²) in [4.78, 5) is 15.0. The molecule has 1 aromatic heterocycles. The van der Waals surface area contributed by atoms with Gasteiger partial charge in [-0.05, 0) is 18.2 Å². The zero-order valence-electron chi connectivity index (χ0n) is 10.9. The first-order valence-corrected chi connectivity index (χ1v) is 8.29. The Morgan fingerprint density at radius 3 is 3.16 bits per heavy atom. The Bertz CT molecular complexity index is 495. The lowest BCUT2D eigenvalue weighted by Gasteiger charge is -2.23. The fourth-order valence-corrected chi connectivity index (χ4v) is 3.93. The van der Waals surface area contributed by atoms with Crippen LogP contribution in [0.2, 0.25) is 0 Å². The predicted molar refractivity (Wildman–Crippen MR) is 80.7 cm³/mol. The Balaban J connectivity index is 2.01. The average molecular weight is 295 g/mol. The number of carbonyl (C=O) groups is 1. The van der Waals surface area contributed by atoms with Crippen LogP contribution in [0, 0.1) is 11.8 Å². The average Bonchev–Trinajstić information content (AvgIpc) is 3.08. The van der Waals surface area contributed by atoms with Gasteiger partial charge in [0.25, 0.3) is 5.91 Å². The quantitative estimate of drug-likeness (QED) is 0.868. The summed E-state index contributed by atoms with van der Waals surface area (Å²) >= 11 is 3.38. The smallest absolute Gasteiger partial charge is 0.254 e. The summed E-state index contributed by atoms with van der Waals surface area (Å²) in [6.45, 7) is 0.0756. The summed E-state index contributed by atoms with van der Waals surface area (Å²) in [7, 11) is 1.88. The van der Waals surface area contributed by atoms with Crippen molar-refractivity contribution in [2.24, 2.45) is 0 Å². The van der Waals surface area contributed by atoms with Crippen molar-refractivity contribution in [2.45, 2.75) is 18.9 Å². The van der Waals surface area contributed by atoms with Gasteiger partial charge in [0.2, 0.25) is 0 Å². The lowest BCUT2D eigenvalue weighted by Crippen LogP contribution is -2.36. The Labute approximate surface area is 122 Å². The molecule has 19 heavy (non-hydrogen) atoms. The number of hydrogen-bond donors (Lipinski definition) is 1. The topological polar surface area (TPSA) is 40.5 Å². The van der Waals surface area contributed by atoms with Crippen LogP contribution in [-0.4, -0.2) is 47.1 Å². The number of thioether (sulfide) groups is 1. The van der Waals surface area contributed by atoms with Crippen LogP contribution in [0.5, 0.6) is 0 Å². The van der Waals surface area contributed by atoms with Gasteiger partial charge in [0.05, 0.1) is 17.0 Å². The van der Waals surface area contributed by atoms with Crippen LogP contribution in [0.25, 0.3) is 0 Å². The molecule has 0 radical (unpaired) electrons. The third-order valence-electron chi connectivity index (χ3n) is 3.07. The molecule has 0 spiro atoms. The van der Waals surface area contributed by atoms with Gasteiger partial charge in [0.1, 0.15) is 0 Å². The number of amides is 1. The standard InChI is InChI=1S/C14H17NO2S2/c1-15(12-5-7-18-10-12)14(17)11-8-13(19-9-11)4-2-3-6-16/h8-9,12,16H,3,5-7,10H2,1H3. The molecule has 0 aromatic carbocycles. The van der Waals surface area contributed by atoms with Crippen LogP contribution in [-0.2, 0) is 0 Å². The molecule has 1 atom stereocenters. The molecule has 1 amide bonds. The first-order chi connectivity index (χ1) is 9.22. The number of carbonyl (C=O) groups excluding carboxylic acids is 1. The van der Waals surface area contributed by atoms with Crippen molar-refractivity contribution in [1.82, 2.24) is 4.90 Å². The highest BCUT2D eigenvalue weighted by molar-refractivity contribution is 7.99. The van der Waals surface area contributed by atoms with Crippen molar-refractivity contribution in [2.75, 3.05) is 25.2 Å². The highest BCUT2D eigenvalue weighted by Crippen LogP contribution is 2.23. The van der Waals surface area contributed by atoms with Crippen molar-refractivity contribution in [3.63, 3.8) is 0 Å². The van der Waals surface area contributed by atoms with E-state index in [0.29, 0.717) is 12.5 Å². The fraction of sp³-hybridized carbons (Fsp3) is 0.500. The first-order valence-electron chi connectivity index (χ1n) is 6.25. The molecule has 102 valence electrons. The molecule has 1 saturated heterocycles. The number of nitrogens with zero attached hydrogens (tertiary/aromatic N) is 1. The highest BCUT2D eigenvalue weighted by atomic mass is 32.2. The molecule has 3 nitrogen and oxygen atoms in total. The van der Waals surface area contributed by atoms with E-state index in [1.807, 2.05) is 35.2 Å². The van der Waals surface area contributed by atoms with Gasteiger partial charge < -0.3 is 10.0 Å². The summed E-state index contributed by atoms with van der Waals surface area (Å²) in [5.41, 5.74) is 0.720. The van der Waals surface area contributed by atoms with Gasteiger partial charge in [-0.15, -0.1) is 11.3 Å². The van der Waals surface area contributed by atoms with Crippen LogP contribution in [0.15, 0.2) is 11.4 Å². The number of hydrogen-bond acceptors (Lipinski definition) is 4. The molecule has 1 unspecified atom stereocenters. The number of rotatable bonds is 3. The third kappa shape index (κ3) is 3.75. The van der Waals surface area contributed by atoms with E-state index in [1.54, 1.807) is 0 Å². The second-order valence-electron chi connectivity index (χ2n) is 4.41. The van der Waals surface area contributed by atoms with Gasteiger partial charge >= 0.3 is 0 Å². The minimum atomic E-state index is 0.0756. The highest BCUT2D eigenvalue weighted by Gasteiger charge is 2.25. The molecule has 1 N–H and O–H groups in total. The first kappa shape index (κ1) is 14.4. The van der Waals surface area contributed by atoms with E-state index >= 15 is 0 Å². The summed E-state index contributed by atoms with van der Waals surface area (Å²) in [5, 5.41) is 10.5. The largest absolute Gasteiger partial charge is 0.395 e. The fourth-order valence-electron chi connectivity index (χ4n) is 1.92. The zero-order valence-corrected chi connectivity index (χ0v) is 12.5. The Kier molecular flexibility index (Phi) is 5.32. The van der Waals surface area contributed by atoms with Gasteiger partial charge in [0.15, 0.2) is 0 Å². The third-order valence-corrected chi connectivity index (χ3v) is 5.06. The molecule has 1 aliphatic rings. The maximum absolute atomic E-state index is 12.3. The Morgan fingerprint density at radius 1 is 1.63 bits per heavy atom. The van der Waals surface area contributed by atoms with Gasteiger partial charge in [-0.3, -0.25) is 4.79 Å². The van der Waals surface area contributed by atoms with E-state index in [1.165, 1.54) is 11.3 Å². The van der Waals surface area contributed by atoms with E-state index in [4.69, 9.17) is 5.11 Å². The van der Waals surface area contributed by atoms with Crippen molar-refractivity contribution >= 4 is 29.0 Å². The SMILES string of the molecule is CN(C(=O)c1csc(C#CCCO)c1)C1CCSC1. The molecule has 1 aliphatic heterocycles. The summed E-state index contributed by atoms with van der Waals surface area (Å²) in [6, 6.07) is 2.21. The normalized spacial score (nSPS) is 17.9. The van der Waals surface area contributed by atoms with E-state index in [9.17, 15) is 4.79 Å². The molecule has 1 aromatic rings. The molecular formula is C14H17NO2S2. The Hall–Kier alpha value is -0.960. The molecule has 5 heteroatoms. The zero-order chi connectivity index (χ0) is 13.7. The van der Waals surface area contributed by atoms with E-state index < -0.39 is 0 Å². The van der Waals surface area contributed by atoms with E-state index in [2.05, 4.69) is 11.8 Å². The lowest BCUT2D eigenvalue weighted by atomic mass is 10.2. The molecule has 0 saturated carbocycles. The number of aliphatic hydroxyl groups is 1. The number of thiophene rings is 1. The molecule has 2 rings (SSSR count). The predicted octanol–water partition coefficient (Wildman–Crippen LogP) is 2.06.